The molecule has 8 heteroatoms. The number of carbonyl (C=O) groups excluding carboxylic acids is 3. The van der Waals surface area contributed by atoms with Gasteiger partial charge in [0.2, 0.25) is 0 Å². The average molecular weight is 401 g/mol. The normalized spacial score (nSPS) is 25.4. The van der Waals surface area contributed by atoms with Gasteiger partial charge in [0.15, 0.2) is 12.2 Å². The second-order valence-corrected chi connectivity index (χ2v) is 7.21. The van der Waals surface area contributed by atoms with Gasteiger partial charge in [-0.15, -0.1) is 0 Å². The maximum Gasteiger partial charge on any atom is 0.303 e. The van der Waals surface area contributed by atoms with E-state index in [0.717, 1.165) is 32.5 Å². The minimum Gasteiger partial charge on any atom is -0.464 e. The van der Waals surface area contributed by atoms with E-state index >= 15 is 0 Å². The highest BCUT2D eigenvalue weighted by molar-refractivity contribution is 5.68. The van der Waals surface area contributed by atoms with E-state index in [9.17, 15) is 14.4 Å². The van der Waals surface area contributed by atoms with Crippen LogP contribution in [0.5, 0.6) is 0 Å². The van der Waals surface area contributed by atoms with Crippen LogP contribution >= 0.6 is 0 Å². The summed E-state index contributed by atoms with van der Waals surface area (Å²) in [6.07, 6.45) is 0.521. The quantitative estimate of drug-likeness (QED) is 0.404. The van der Waals surface area contributed by atoms with Crippen molar-refractivity contribution < 1.29 is 28.6 Å². The van der Waals surface area contributed by atoms with Crippen LogP contribution in [0.4, 0.5) is 0 Å². The number of esters is 3. The van der Waals surface area contributed by atoms with Crippen molar-refractivity contribution in [2.75, 3.05) is 32.8 Å². The maximum absolute atomic E-state index is 11.9. The van der Waals surface area contributed by atoms with Crippen molar-refractivity contribution in [1.82, 2.24) is 9.80 Å². The van der Waals surface area contributed by atoms with Crippen molar-refractivity contribution in [3.8, 4) is 0 Å². The molecule has 1 aliphatic rings. The largest absolute Gasteiger partial charge is 0.464 e. The van der Waals surface area contributed by atoms with Crippen LogP contribution in [0.3, 0.4) is 0 Å². The Bertz CT molecular complexity index is 527. The summed E-state index contributed by atoms with van der Waals surface area (Å²) in [5.41, 5.74) is 0. The summed E-state index contributed by atoms with van der Waals surface area (Å²) in [5.74, 6) is -1.27. The molecule has 0 saturated carbocycles. The second kappa shape index (κ2) is 12.0. The number of likely N-dealkylation sites (tertiary alicyclic amines) is 1. The first-order chi connectivity index (χ1) is 13.2. The Hall–Kier alpha value is -1.67. The van der Waals surface area contributed by atoms with E-state index in [2.05, 4.69) is 30.6 Å². The van der Waals surface area contributed by atoms with Crippen molar-refractivity contribution in [3.05, 3.63) is 0 Å². The highest BCUT2D eigenvalue weighted by Gasteiger charge is 2.49. The van der Waals surface area contributed by atoms with Gasteiger partial charge in [-0.1, -0.05) is 20.8 Å². The molecule has 0 amide bonds. The molecule has 1 saturated heterocycles. The molecule has 0 aromatic carbocycles. The second-order valence-electron chi connectivity index (χ2n) is 7.21. The van der Waals surface area contributed by atoms with Crippen LogP contribution in [-0.4, -0.2) is 84.8 Å². The van der Waals surface area contributed by atoms with Crippen LogP contribution in [0.25, 0.3) is 0 Å². The fraction of sp³-hybridized carbons (Fsp3) is 0.850. The molecule has 1 aliphatic heterocycles. The monoisotopic (exact) mass is 400 g/mol. The number of likely N-dealkylation sites (N-methyl/N-ethyl adjacent to an activating group) is 1. The number of nitrogens with zero attached hydrogens (tertiary/aromatic N) is 2. The summed E-state index contributed by atoms with van der Waals surface area (Å²) >= 11 is 0. The fourth-order valence-electron chi connectivity index (χ4n) is 3.92. The first-order valence-electron chi connectivity index (χ1n) is 10.2. The number of ether oxygens (including phenoxy) is 3. The van der Waals surface area contributed by atoms with Crippen molar-refractivity contribution in [2.24, 2.45) is 0 Å². The molecule has 28 heavy (non-hydrogen) atoms. The molecule has 0 aromatic rings. The Morgan fingerprint density at radius 1 is 0.929 bits per heavy atom. The predicted octanol–water partition coefficient (Wildman–Crippen LogP) is 1.61. The molecule has 1 heterocycles. The zero-order chi connectivity index (χ0) is 21.3. The van der Waals surface area contributed by atoms with Crippen molar-refractivity contribution in [2.45, 2.75) is 78.7 Å². The van der Waals surface area contributed by atoms with Crippen LogP contribution < -0.4 is 0 Å². The van der Waals surface area contributed by atoms with Gasteiger partial charge in [-0.2, -0.15) is 0 Å². The van der Waals surface area contributed by atoms with Crippen molar-refractivity contribution in [1.29, 1.82) is 0 Å². The van der Waals surface area contributed by atoms with E-state index < -0.39 is 30.1 Å². The van der Waals surface area contributed by atoms with Crippen LogP contribution in [0.15, 0.2) is 0 Å². The molecule has 4 unspecified atom stereocenters. The summed E-state index contributed by atoms with van der Waals surface area (Å²) in [6.45, 7) is 13.4. The molecule has 0 radical (unpaired) electrons. The third-order valence-electron chi connectivity index (χ3n) is 4.93. The van der Waals surface area contributed by atoms with Gasteiger partial charge in [0.1, 0.15) is 6.61 Å². The highest BCUT2D eigenvalue weighted by Crippen LogP contribution is 2.28. The van der Waals surface area contributed by atoms with Gasteiger partial charge in [0.25, 0.3) is 0 Å². The van der Waals surface area contributed by atoms with Crippen LogP contribution in [0.2, 0.25) is 0 Å². The van der Waals surface area contributed by atoms with Crippen molar-refractivity contribution in [3.63, 3.8) is 0 Å². The topological polar surface area (TPSA) is 85.4 Å². The van der Waals surface area contributed by atoms with Gasteiger partial charge in [-0.25, -0.2) is 0 Å². The van der Waals surface area contributed by atoms with E-state index in [-0.39, 0.29) is 18.7 Å². The lowest BCUT2D eigenvalue weighted by atomic mass is 9.90. The van der Waals surface area contributed by atoms with E-state index in [4.69, 9.17) is 14.2 Å². The van der Waals surface area contributed by atoms with Gasteiger partial charge in [0, 0.05) is 27.3 Å². The Morgan fingerprint density at radius 3 is 2.00 bits per heavy atom. The average Bonchev–Trinajstić information content (AvgIpc) is 2.60. The lowest BCUT2D eigenvalue weighted by molar-refractivity contribution is -0.194. The molecule has 1 fully saturated rings. The Balaban J connectivity index is 3.32. The predicted molar refractivity (Wildman–Crippen MR) is 105 cm³/mol. The minimum absolute atomic E-state index is 0.0810. The van der Waals surface area contributed by atoms with Gasteiger partial charge in [0.05, 0.1) is 12.1 Å². The summed E-state index contributed by atoms with van der Waals surface area (Å²) in [7, 11) is 0. The standard InChI is InChI=1S/C20H36N2O6/c1-7-10-21(9-3)17-12-22(11-8-2)18(13-26-14(4)23)20(28-16(6)25)19(17)27-15(5)24/h17-20H,7-13H2,1-6H3. The van der Waals surface area contributed by atoms with Gasteiger partial charge >= 0.3 is 17.9 Å². The third-order valence-corrected chi connectivity index (χ3v) is 4.93. The smallest absolute Gasteiger partial charge is 0.303 e. The Kier molecular flexibility index (Phi) is 10.5. The summed E-state index contributed by atoms with van der Waals surface area (Å²) in [6, 6.07) is -0.480. The maximum atomic E-state index is 11.9. The lowest BCUT2D eigenvalue weighted by Crippen LogP contribution is -2.68. The number of piperidine rings is 1. The molecule has 0 spiro atoms. The summed E-state index contributed by atoms with van der Waals surface area (Å²) < 4.78 is 16.6. The van der Waals surface area contributed by atoms with Gasteiger partial charge < -0.3 is 14.2 Å². The number of hydrogen-bond acceptors (Lipinski definition) is 8. The molecule has 0 aromatic heterocycles. The molecular formula is C20H36N2O6. The van der Waals surface area contributed by atoms with Crippen LogP contribution in [0, 0.1) is 0 Å². The molecule has 8 nitrogen and oxygen atoms in total. The molecule has 0 N–H and O–H groups in total. The zero-order valence-electron chi connectivity index (χ0n) is 18.1. The zero-order valence-corrected chi connectivity index (χ0v) is 18.1. The number of rotatable bonds is 10. The van der Waals surface area contributed by atoms with Gasteiger partial charge in [-0.3, -0.25) is 24.2 Å². The van der Waals surface area contributed by atoms with E-state index in [1.54, 1.807) is 0 Å². The van der Waals surface area contributed by atoms with Crippen molar-refractivity contribution >= 4 is 17.9 Å². The molecule has 162 valence electrons. The molecule has 1 rings (SSSR count). The summed E-state index contributed by atoms with van der Waals surface area (Å²) in [4.78, 5) is 39.6. The molecule has 4 atom stereocenters. The lowest BCUT2D eigenvalue weighted by Gasteiger charge is -2.50. The Labute approximate surface area is 168 Å². The fourth-order valence-corrected chi connectivity index (χ4v) is 3.92. The van der Waals surface area contributed by atoms with E-state index in [1.807, 2.05) is 0 Å². The van der Waals surface area contributed by atoms with E-state index in [1.165, 1.54) is 20.8 Å². The Morgan fingerprint density at radius 2 is 1.54 bits per heavy atom. The van der Waals surface area contributed by atoms with E-state index in [0.29, 0.717) is 6.54 Å². The van der Waals surface area contributed by atoms with Crippen LogP contribution in [-0.2, 0) is 28.6 Å². The summed E-state index contributed by atoms with van der Waals surface area (Å²) in [5, 5.41) is 0. The third kappa shape index (κ3) is 7.05. The number of carbonyl (C=O) groups is 3. The van der Waals surface area contributed by atoms with Crippen LogP contribution in [0.1, 0.15) is 54.4 Å². The SMILES string of the molecule is CCCN(CC)C1CN(CCC)C(COC(C)=O)C(OC(C)=O)C1OC(C)=O. The number of hydrogen-bond donors (Lipinski definition) is 0. The first kappa shape index (κ1) is 24.4. The highest BCUT2D eigenvalue weighted by atomic mass is 16.6. The van der Waals surface area contributed by atoms with Gasteiger partial charge in [-0.05, 0) is 32.5 Å². The molecular weight excluding hydrogens is 364 g/mol. The molecule has 0 bridgehead atoms. The molecule has 0 aliphatic carbocycles. The minimum atomic E-state index is -0.711. The first-order valence-corrected chi connectivity index (χ1v) is 10.2.